The van der Waals surface area contributed by atoms with Gasteiger partial charge in [0.15, 0.2) is 5.78 Å². The van der Waals surface area contributed by atoms with Gasteiger partial charge in [-0.25, -0.2) is 0 Å². The SMILES string of the molecule is CC(=O)c1[nH]c(C)c(C(=O)NCCSc2ccc(C)cc2)c1C. The Bertz CT molecular complexity index is 717. The molecule has 0 aliphatic heterocycles. The number of thioether (sulfide) groups is 1. The van der Waals surface area contributed by atoms with Crippen LogP contribution >= 0.6 is 11.8 Å². The van der Waals surface area contributed by atoms with E-state index >= 15 is 0 Å². The van der Waals surface area contributed by atoms with Crippen molar-refractivity contribution in [3.05, 3.63) is 52.3 Å². The molecule has 0 saturated carbocycles. The average Bonchev–Trinajstić information content (AvgIpc) is 2.80. The summed E-state index contributed by atoms with van der Waals surface area (Å²) in [5.41, 5.74) is 3.79. The number of rotatable bonds is 6. The fourth-order valence-corrected chi connectivity index (χ4v) is 3.27. The van der Waals surface area contributed by atoms with Crippen LogP contribution in [-0.2, 0) is 0 Å². The van der Waals surface area contributed by atoms with E-state index in [0.29, 0.717) is 17.8 Å². The molecule has 0 bridgehead atoms. The van der Waals surface area contributed by atoms with E-state index in [0.717, 1.165) is 17.0 Å². The molecular weight excluding hydrogens is 308 g/mol. The number of H-pyrrole nitrogens is 1. The Balaban J connectivity index is 1.90. The number of hydrogen-bond donors (Lipinski definition) is 2. The van der Waals surface area contributed by atoms with Gasteiger partial charge in [0.05, 0.1) is 11.3 Å². The third-order valence-corrected chi connectivity index (χ3v) is 4.71. The lowest BCUT2D eigenvalue weighted by Crippen LogP contribution is -2.26. The largest absolute Gasteiger partial charge is 0.355 e. The summed E-state index contributed by atoms with van der Waals surface area (Å²) >= 11 is 1.71. The molecule has 23 heavy (non-hydrogen) atoms. The van der Waals surface area contributed by atoms with Crippen LogP contribution in [0.5, 0.6) is 0 Å². The first kappa shape index (κ1) is 17.3. The molecule has 4 nitrogen and oxygen atoms in total. The molecule has 0 aliphatic rings. The molecule has 1 aromatic carbocycles. The zero-order valence-electron chi connectivity index (χ0n) is 13.9. The maximum absolute atomic E-state index is 12.3. The first-order chi connectivity index (χ1) is 10.9. The van der Waals surface area contributed by atoms with Crippen molar-refractivity contribution in [3.63, 3.8) is 0 Å². The van der Waals surface area contributed by atoms with Crippen molar-refractivity contribution in [2.24, 2.45) is 0 Å². The summed E-state index contributed by atoms with van der Waals surface area (Å²) in [6.07, 6.45) is 0. The molecule has 1 aromatic heterocycles. The summed E-state index contributed by atoms with van der Waals surface area (Å²) in [4.78, 5) is 28.0. The molecule has 0 radical (unpaired) electrons. The molecule has 1 amide bonds. The predicted molar refractivity (Wildman–Crippen MR) is 94.5 cm³/mol. The predicted octanol–water partition coefficient (Wildman–Crippen LogP) is 3.66. The molecule has 122 valence electrons. The van der Waals surface area contributed by atoms with E-state index in [4.69, 9.17) is 0 Å². The Morgan fingerprint density at radius 1 is 1.13 bits per heavy atom. The quantitative estimate of drug-likeness (QED) is 0.483. The molecule has 2 rings (SSSR count). The molecular formula is C18H22N2O2S. The number of aryl methyl sites for hydroxylation is 2. The smallest absolute Gasteiger partial charge is 0.253 e. The molecule has 0 saturated heterocycles. The van der Waals surface area contributed by atoms with E-state index in [1.807, 2.05) is 6.92 Å². The van der Waals surface area contributed by atoms with Gasteiger partial charge in [0.2, 0.25) is 0 Å². The Kier molecular flexibility index (Phi) is 5.66. The number of Topliss-reactive ketones (excluding diaryl/α,β-unsaturated/α-hetero) is 1. The van der Waals surface area contributed by atoms with Crippen LogP contribution in [0.4, 0.5) is 0 Å². The second kappa shape index (κ2) is 7.51. The highest BCUT2D eigenvalue weighted by atomic mass is 32.2. The Labute approximate surface area is 141 Å². The molecule has 0 unspecified atom stereocenters. The monoisotopic (exact) mass is 330 g/mol. The molecule has 5 heteroatoms. The second-order valence-electron chi connectivity index (χ2n) is 5.60. The van der Waals surface area contributed by atoms with Crippen molar-refractivity contribution in [2.75, 3.05) is 12.3 Å². The number of aromatic amines is 1. The first-order valence-corrected chi connectivity index (χ1v) is 8.56. The third-order valence-electron chi connectivity index (χ3n) is 3.69. The molecule has 0 spiro atoms. The van der Waals surface area contributed by atoms with Crippen molar-refractivity contribution in [3.8, 4) is 0 Å². The lowest BCUT2D eigenvalue weighted by atomic mass is 10.1. The highest BCUT2D eigenvalue weighted by molar-refractivity contribution is 7.99. The van der Waals surface area contributed by atoms with Gasteiger partial charge < -0.3 is 10.3 Å². The van der Waals surface area contributed by atoms with Crippen LogP contribution in [0.15, 0.2) is 29.2 Å². The van der Waals surface area contributed by atoms with E-state index < -0.39 is 0 Å². The van der Waals surface area contributed by atoms with Gasteiger partial charge in [0.1, 0.15) is 0 Å². The van der Waals surface area contributed by atoms with Gasteiger partial charge in [-0.05, 0) is 38.5 Å². The number of amides is 1. The minimum absolute atomic E-state index is 0.0559. The van der Waals surface area contributed by atoms with Crippen LogP contribution in [0.1, 0.15) is 44.6 Å². The lowest BCUT2D eigenvalue weighted by molar-refractivity contribution is 0.0955. The van der Waals surface area contributed by atoms with Crippen LogP contribution < -0.4 is 5.32 Å². The van der Waals surface area contributed by atoms with Crippen molar-refractivity contribution in [1.29, 1.82) is 0 Å². The molecule has 2 N–H and O–H groups in total. The van der Waals surface area contributed by atoms with E-state index in [2.05, 4.69) is 41.5 Å². The standard InChI is InChI=1S/C18H22N2O2S/c1-11-5-7-15(8-6-11)23-10-9-19-18(22)16-12(2)17(14(4)21)20-13(16)3/h5-8,20H,9-10H2,1-4H3,(H,19,22). The summed E-state index contributed by atoms with van der Waals surface area (Å²) < 4.78 is 0. The van der Waals surface area contributed by atoms with E-state index in [1.165, 1.54) is 17.4 Å². The van der Waals surface area contributed by atoms with Gasteiger partial charge in [-0.2, -0.15) is 0 Å². The van der Waals surface area contributed by atoms with Crippen molar-refractivity contribution in [1.82, 2.24) is 10.3 Å². The number of carbonyl (C=O) groups is 2. The number of hydrogen-bond acceptors (Lipinski definition) is 3. The Morgan fingerprint density at radius 3 is 2.35 bits per heavy atom. The van der Waals surface area contributed by atoms with Gasteiger partial charge in [-0.3, -0.25) is 9.59 Å². The molecule has 0 atom stereocenters. The first-order valence-electron chi connectivity index (χ1n) is 7.58. The van der Waals surface area contributed by atoms with Gasteiger partial charge in [0, 0.05) is 29.8 Å². The van der Waals surface area contributed by atoms with Crippen LogP contribution in [0.2, 0.25) is 0 Å². The van der Waals surface area contributed by atoms with Crippen molar-refractivity contribution >= 4 is 23.5 Å². The normalized spacial score (nSPS) is 10.6. The summed E-state index contributed by atoms with van der Waals surface area (Å²) in [5, 5.41) is 2.92. The zero-order chi connectivity index (χ0) is 17.0. The van der Waals surface area contributed by atoms with Crippen molar-refractivity contribution < 1.29 is 9.59 Å². The molecule has 2 aromatic rings. The highest BCUT2D eigenvalue weighted by Gasteiger charge is 2.19. The maximum Gasteiger partial charge on any atom is 0.253 e. The van der Waals surface area contributed by atoms with Crippen LogP contribution in [0, 0.1) is 20.8 Å². The van der Waals surface area contributed by atoms with Gasteiger partial charge >= 0.3 is 0 Å². The molecule has 0 fully saturated rings. The summed E-state index contributed by atoms with van der Waals surface area (Å²) in [7, 11) is 0. The number of carbonyl (C=O) groups excluding carboxylic acids is 2. The summed E-state index contributed by atoms with van der Waals surface area (Å²) in [5.74, 6) is 0.615. The van der Waals surface area contributed by atoms with Gasteiger partial charge in [0.25, 0.3) is 5.91 Å². The van der Waals surface area contributed by atoms with E-state index in [-0.39, 0.29) is 11.7 Å². The number of aromatic nitrogens is 1. The number of ketones is 1. The topological polar surface area (TPSA) is 62.0 Å². The number of benzene rings is 1. The molecule has 1 heterocycles. The van der Waals surface area contributed by atoms with E-state index in [9.17, 15) is 9.59 Å². The van der Waals surface area contributed by atoms with Crippen LogP contribution in [-0.4, -0.2) is 29.0 Å². The Morgan fingerprint density at radius 2 is 1.78 bits per heavy atom. The fourth-order valence-electron chi connectivity index (χ4n) is 2.50. The lowest BCUT2D eigenvalue weighted by Gasteiger charge is -2.06. The summed E-state index contributed by atoms with van der Waals surface area (Å²) in [6.45, 7) is 7.76. The van der Waals surface area contributed by atoms with Crippen LogP contribution in [0.3, 0.4) is 0 Å². The zero-order valence-corrected chi connectivity index (χ0v) is 14.8. The second-order valence-corrected chi connectivity index (χ2v) is 6.77. The van der Waals surface area contributed by atoms with Gasteiger partial charge in [-0.1, -0.05) is 17.7 Å². The molecule has 0 aliphatic carbocycles. The Hall–Kier alpha value is -2.01. The van der Waals surface area contributed by atoms with Crippen LogP contribution in [0.25, 0.3) is 0 Å². The third kappa shape index (κ3) is 4.26. The highest BCUT2D eigenvalue weighted by Crippen LogP contribution is 2.19. The van der Waals surface area contributed by atoms with E-state index in [1.54, 1.807) is 18.7 Å². The minimum atomic E-state index is -0.131. The van der Waals surface area contributed by atoms with Crippen molar-refractivity contribution in [2.45, 2.75) is 32.6 Å². The fraction of sp³-hybridized carbons (Fsp3) is 0.333. The average molecular weight is 330 g/mol. The van der Waals surface area contributed by atoms with Gasteiger partial charge in [-0.15, -0.1) is 11.8 Å². The summed E-state index contributed by atoms with van der Waals surface area (Å²) in [6, 6.07) is 8.33. The maximum atomic E-state index is 12.3. The minimum Gasteiger partial charge on any atom is -0.355 e. The number of nitrogens with one attached hydrogen (secondary N) is 2.